The number of amides is 4. The molecule has 12 nitrogen and oxygen atoms in total. The summed E-state index contributed by atoms with van der Waals surface area (Å²) in [5.41, 5.74) is 1.69. The van der Waals surface area contributed by atoms with Gasteiger partial charge >= 0.3 is 0 Å². The summed E-state index contributed by atoms with van der Waals surface area (Å²) in [7, 11) is 3.21. The van der Waals surface area contributed by atoms with Crippen molar-refractivity contribution in [1.29, 1.82) is 0 Å². The number of nitrogens with one attached hydrogen (secondary N) is 2. The summed E-state index contributed by atoms with van der Waals surface area (Å²) in [5.74, 6) is -0.314. The molecule has 2 N–H and O–H groups in total. The fraction of sp³-hybridized carbons (Fsp3) is 0.419. The first kappa shape index (κ1) is 29.7. The molecule has 4 amide bonds. The predicted octanol–water partition coefficient (Wildman–Crippen LogP) is 3.04. The zero-order valence-corrected chi connectivity index (χ0v) is 24.8. The van der Waals surface area contributed by atoms with Gasteiger partial charge in [0.05, 0.1) is 6.54 Å². The summed E-state index contributed by atoms with van der Waals surface area (Å²) in [4.78, 5) is 65.9. The average Bonchev–Trinajstić information content (AvgIpc) is 3.63. The van der Waals surface area contributed by atoms with Crippen LogP contribution in [-0.2, 0) is 9.59 Å². The number of guanidine groups is 1. The molecule has 0 spiro atoms. The number of pyridine rings is 1. The number of anilines is 1. The first-order valence-electron chi connectivity index (χ1n) is 14.6. The van der Waals surface area contributed by atoms with Crippen LogP contribution in [-0.4, -0.2) is 95.6 Å². The second kappa shape index (κ2) is 13.1. The van der Waals surface area contributed by atoms with Gasteiger partial charge in [0.15, 0.2) is 0 Å². The lowest BCUT2D eigenvalue weighted by molar-refractivity contribution is -0.140. The van der Waals surface area contributed by atoms with Crippen LogP contribution in [0.5, 0.6) is 0 Å². The molecule has 0 unspecified atom stereocenters. The average molecular weight is 588 g/mol. The van der Waals surface area contributed by atoms with Crippen molar-refractivity contribution in [3.05, 3.63) is 59.6 Å². The molecule has 0 saturated carbocycles. The van der Waals surface area contributed by atoms with E-state index in [1.807, 2.05) is 25.1 Å². The molecular weight excluding hydrogens is 550 g/mol. The molecule has 4 heterocycles. The van der Waals surface area contributed by atoms with Gasteiger partial charge in [0, 0.05) is 56.6 Å². The van der Waals surface area contributed by atoms with Gasteiger partial charge in [0.2, 0.25) is 17.8 Å². The zero-order chi connectivity index (χ0) is 30.5. The third-order valence-electron chi connectivity index (χ3n) is 7.60. The Balaban J connectivity index is 1.41. The Morgan fingerprint density at radius 3 is 2.58 bits per heavy atom. The maximum atomic E-state index is 13.6. The van der Waals surface area contributed by atoms with E-state index in [0.29, 0.717) is 18.7 Å². The van der Waals surface area contributed by atoms with E-state index in [-0.39, 0.29) is 41.5 Å². The van der Waals surface area contributed by atoms with Gasteiger partial charge in [0.25, 0.3) is 11.8 Å². The fourth-order valence-corrected chi connectivity index (χ4v) is 5.33. The van der Waals surface area contributed by atoms with Crippen LogP contribution < -0.4 is 10.6 Å². The summed E-state index contributed by atoms with van der Waals surface area (Å²) >= 11 is 0. The van der Waals surface area contributed by atoms with Crippen molar-refractivity contribution < 1.29 is 23.6 Å². The highest BCUT2D eigenvalue weighted by Crippen LogP contribution is 2.23. The topological polar surface area (TPSA) is 140 Å². The second-order valence-corrected chi connectivity index (χ2v) is 11.2. The van der Waals surface area contributed by atoms with Crippen LogP contribution in [0.2, 0.25) is 0 Å². The van der Waals surface area contributed by atoms with Crippen LogP contribution in [0.15, 0.2) is 52.0 Å². The van der Waals surface area contributed by atoms with Crippen LogP contribution >= 0.6 is 0 Å². The minimum absolute atomic E-state index is 0.0240. The highest BCUT2D eigenvalue weighted by atomic mass is 16.3. The second-order valence-electron chi connectivity index (χ2n) is 11.2. The fourth-order valence-electron chi connectivity index (χ4n) is 5.33. The summed E-state index contributed by atoms with van der Waals surface area (Å²) in [6.45, 7) is 3.81. The SMILES string of the molecule is Cc1cc2cc(NC(=N[C@H]3CCCCN(CC(=O)N4CCCC4)C3=O)NC(=O)c3ccnc(C(=O)N(C)C)c3)ccc2o1. The molecule has 226 valence electrons. The molecule has 0 aliphatic carbocycles. The van der Waals surface area contributed by atoms with Crippen LogP contribution in [0.3, 0.4) is 0 Å². The maximum absolute atomic E-state index is 13.6. The Hall–Kier alpha value is -4.74. The number of rotatable bonds is 6. The highest BCUT2D eigenvalue weighted by molar-refractivity contribution is 6.11. The quantitative estimate of drug-likeness (QED) is 0.334. The van der Waals surface area contributed by atoms with Crippen molar-refractivity contribution in [2.24, 2.45) is 4.99 Å². The molecule has 3 aromatic rings. The van der Waals surface area contributed by atoms with Gasteiger partial charge in [-0.05, 0) is 75.4 Å². The number of hydrogen-bond donors (Lipinski definition) is 2. The number of furan rings is 1. The van der Waals surface area contributed by atoms with E-state index in [0.717, 1.165) is 55.5 Å². The van der Waals surface area contributed by atoms with Crippen LogP contribution in [0.1, 0.15) is 58.7 Å². The number of carbonyl (C=O) groups excluding carboxylic acids is 4. The van der Waals surface area contributed by atoms with E-state index in [1.165, 1.54) is 23.2 Å². The van der Waals surface area contributed by atoms with E-state index in [2.05, 4.69) is 15.6 Å². The first-order valence-corrected chi connectivity index (χ1v) is 14.6. The third-order valence-corrected chi connectivity index (χ3v) is 7.60. The third kappa shape index (κ3) is 7.19. The summed E-state index contributed by atoms with van der Waals surface area (Å²) in [5, 5.41) is 6.83. The number of fused-ring (bicyclic) bond motifs is 1. The van der Waals surface area contributed by atoms with Gasteiger partial charge in [-0.25, -0.2) is 4.99 Å². The van der Waals surface area contributed by atoms with Crippen molar-refractivity contribution in [3.8, 4) is 0 Å². The van der Waals surface area contributed by atoms with E-state index in [1.54, 1.807) is 30.0 Å². The molecule has 43 heavy (non-hydrogen) atoms. The Bertz CT molecular complexity index is 1560. The monoisotopic (exact) mass is 587 g/mol. The van der Waals surface area contributed by atoms with Crippen molar-refractivity contribution >= 4 is 46.2 Å². The van der Waals surface area contributed by atoms with Gasteiger partial charge in [-0.1, -0.05) is 0 Å². The normalized spacial score (nSPS) is 17.6. The number of likely N-dealkylation sites (tertiary alicyclic amines) is 2. The van der Waals surface area contributed by atoms with Gasteiger partial charge < -0.3 is 24.4 Å². The summed E-state index contributed by atoms with van der Waals surface area (Å²) < 4.78 is 5.68. The van der Waals surface area contributed by atoms with Crippen LogP contribution in [0, 0.1) is 6.92 Å². The van der Waals surface area contributed by atoms with E-state index in [4.69, 9.17) is 9.41 Å². The molecule has 2 fully saturated rings. The molecule has 1 atom stereocenters. The van der Waals surface area contributed by atoms with E-state index < -0.39 is 11.9 Å². The van der Waals surface area contributed by atoms with Crippen LogP contribution in [0.25, 0.3) is 11.0 Å². The number of aliphatic imine (C=N–C) groups is 1. The largest absolute Gasteiger partial charge is 0.461 e. The molecule has 12 heteroatoms. The van der Waals surface area contributed by atoms with E-state index >= 15 is 0 Å². The van der Waals surface area contributed by atoms with Gasteiger partial charge in [-0.3, -0.25) is 29.5 Å². The molecule has 5 rings (SSSR count). The Kier molecular flexibility index (Phi) is 9.03. The number of aromatic nitrogens is 1. The lowest BCUT2D eigenvalue weighted by Crippen LogP contribution is -2.45. The number of nitrogens with zero attached hydrogens (tertiary/aromatic N) is 5. The maximum Gasteiger partial charge on any atom is 0.271 e. The van der Waals surface area contributed by atoms with Gasteiger partial charge in [-0.2, -0.15) is 0 Å². The zero-order valence-electron chi connectivity index (χ0n) is 24.8. The van der Waals surface area contributed by atoms with Gasteiger partial charge in [0.1, 0.15) is 23.1 Å². The molecule has 2 aromatic heterocycles. The number of benzene rings is 1. The molecular formula is C31H37N7O5. The molecule has 2 saturated heterocycles. The summed E-state index contributed by atoms with van der Waals surface area (Å²) in [6.07, 6.45) is 5.34. The Morgan fingerprint density at radius 2 is 1.81 bits per heavy atom. The lowest BCUT2D eigenvalue weighted by Gasteiger charge is -2.25. The van der Waals surface area contributed by atoms with Crippen molar-refractivity contribution in [3.63, 3.8) is 0 Å². The minimum atomic E-state index is -0.792. The Morgan fingerprint density at radius 1 is 1.05 bits per heavy atom. The number of aryl methyl sites for hydroxylation is 1. The van der Waals surface area contributed by atoms with E-state index in [9.17, 15) is 19.2 Å². The standard InChI is InChI=1S/C31H37N7O5/c1-20-16-22-17-23(9-10-26(22)43-20)33-31(35-28(40)21-11-12-32-25(18-21)29(41)36(2)3)34-24-8-4-5-15-38(30(24)42)19-27(39)37-13-6-7-14-37/h9-12,16-18,24H,4-8,13-15,19H2,1-3H3,(H2,33,34,35,40)/t24-/m0/s1. The smallest absolute Gasteiger partial charge is 0.271 e. The number of carbonyl (C=O) groups is 4. The predicted molar refractivity (Wildman–Crippen MR) is 162 cm³/mol. The molecule has 0 radical (unpaired) electrons. The lowest BCUT2D eigenvalue weighted by atomic mass is 10.1. The first-order chi connectivity index (χ1) is 20.7. The molecule has 2 aliphatic heterocycles. The summed E-state index contributed by atoms with van der Waals surface area (Å²) in [6, 6.07) is 9.50. The van der Waals surface area contributed by atoms with Crippen LogP contribution in [0.4, 0.5) is 5.69 Å². The van der Waals surface area contributed by atoms with Crippen molar-refractivity contribution in [1.82, 2.24) is 25.0 Å². The molecule has 1 aromatic carbocycles. The highest BCUT2D eigenvalue weighted by Gasteiger charge is 2.30. The van der Waals surface area contributed by atoms with Gasteiger partial charge in [-0.15, -0.1) is 0 Å². The Labute approximate surface area is 250 Å². The molecule has 0 bridgehead atoms. The number of hydrogen-bond acceptors (Lipinski definition) is 7. The molecule has 2 aliphatic rings. The minimum Gasteiger partial charge on any atom is -0.461 e. The van der Waals surface area contributed by atoms with Crippen molar-refractivity contribution in [2.75, 3.05) is 45.6 Å². The van der Waals surface area contributed by atoms with Crippen molar-refractivity contribution in [2.45, 2.75) is 45.1 Å².